The van der Waals surface area contributed by atoms with Crippen LogP contribution < -0.4 is 5.73 Å². The first-order valence-corrected chi connectivity index (χ1v) is 5.83. The zero-order valence-electron chi connectivity index (χ0n) is 11.5. The van der Waals surface area contributed by atoms with Gasteiger partial charge in [-0.1, -0.05) is 20.8 Å². The maximum Gasteiger partial charge on any atom is 0.0615 e. The lowest BCUT2D eigenvalue weighted by Gasteiger charge is -2.40. The molecule has 3 unspecified atom stereocenters. The van der Waals surface area contributed by atoms with Crippen molar-refractivity contribution in [3.63, 3.8) is 0 Å². The molecule has 4 nitrogen and oxygen atoms in total. The monoisotopic (exact) mass is 232 g/mol. The topological polar surface area (TPSA) is 58.7 Å². The Balaban J connectivity index is 4.59. The van der Waals surface area contributed by atoms with Gasteiger partial charge in [-0.15, -0.1) is 0 Å². The summed E-state index contributed by atoms with van der Waals surface area (Å²) in [4.78, 5) is 2.10. The van der Waals surface area contributed by atoms with Crippen LogP contribution >= 0.6 is 0 Å². The summed E-state index contributed by atoms with van der Waals surface area (Å²) < 4.78 is 5.12. The van der Waals surface area contributed by atoms with Gasteiger partial charge in [0.25, 0.3) is 0 Å². The second-order valence-corrected chi connectivity index (χ2v) is 5.61. The van der Waals surface area contributed by atoms with Crippen molar-refractivity contribution in [2.45, 2.75) is 45.8 Å². The molecule has 0 saturated carbocycles. The number of likely N-dealkylation sites (N-methyl/N-ethyl adjacent to an activating group) is 1. The van der Waals surface area contributed by atoms with Gasteiger partial charge < -0.3 is 15.6 Å². The van der Waals surface area contributed by atoms with Crippen molar-refractivity contribution in [3.05, 3.63) is 0 Å². The Kier molecular flexibility index (Phi) is 6.48. The van der Waals surface area contributed by atoms with Crippen molar-refractivity contribution in [3.8, 4) is 0 Å². The van der Waals surface area contributed by atoms with Gasteiger partial charge in [0.15, 0.2) is 0 Å². The van der Waals surface area contributed by atoms with Gasteiger partial charge >= 0.3 is 0 Å². The predicted octanol–water partition coefficient (Wildman–Crippen LogP) is 0.687. The van der Waals surface area contributed by atoms with Crippen molar-refractivity contribution in [2.24, 2.45) is 11.1 Å². The molecule has 0 aliphatic carbocycles. The van der Waals surface area contributed by atoms with Crippen LogP contribution in [-0.2, 0) is 4.74 Å². The van der Waals surface area contributed by atoms with E-state index < -0.39 is 0 Å². The first-order valence-electron chi connectivity index (χ1n) is 5.83. The number of hydrogen-bond donors (Lipinski definition) is 2. The van der Waals surface area contributed by atoms with Crippen molar-refractivity contribution in [2.75, 3.05) is 27.4 Å². The van der Waals surface area contributed by atoms with E-state index in [1.165, 1.54) is 0 Å². The van der Waals surface area contributed by atoms with Crippen LogP contribution in [0.5, 0.6) is 0 Å². The zero-order chi connectivity index (χ0) is 12.9. The molecule has 0 fully saturated rings. The van der Waals surface area contributed by atoms with Gasteiger partial charge in [0, 0.05) is 25.2 Å². The van der Waals surface area contributed by atoms with E-state index in [0.717, 1.165) is 0 Å². The highest BCUT2D eigenvalue weighted by Gasteiger charge is 2.32. The molecule has 16 heavy (non-hydrogen) atoms. The van der Waals surface area contributed by atoms with E-state index in [1.54, 1.807) is 7.11 Å². The highest BCUT2D eigenvalue weighted by Crippen LogP contribution is 2.23. The molecule has 3 N–H and O–H groups in total. The second kappa shape index (κ2) is 6.55. The molecule has 0 heterocycles. The molecule has 4 heteroatoms. The lowest BCUT2D eigenvalue weighted by atomic mass is 9.82. The first-order chi connectivity index (χ1) is 7.25. The fourth-order valence-electron chi connectivity index (χ4n) is 1.76. The van der Waals surface area contributed by atoms with Crippen LogP contribution in [0.4, 0.5) is 0 Å². The maximum absolute atomic E-state index is 9.48. The summed E-state index contributed by atoms with van der Waals surface area (Å²) in [5.41, 5.74) is 6.18. The number of aliphatic hydroxyl groups excluding tert-OH is 1. The molecule has 0 saturated heterocycles. The highest BCUT2D eigenvalue weighted by atomic mass is 16.5. The number of aliphatic hydroxyl groups is 1. The van der Waals surface area contributed by atoms with E-state index in [4.69, 9.17) is 10.5 Å². The van der Waals surface area contributed by atoms with E-state index in [-0.39, 0.29) is 30.1 Å². The molecule has 3 atom stereocenters. The summed E-state index contributed by atoms with van der Waals surface area (Å²) in [5, 5.41) is 9.48. The predicted molar refractivity (Wildman–Crippen MR) is 67.4 cm³/mol. The van der Waals surface area contributed by atoms with Gasteiger partial charge in [-0.05, 0) is 19.4 Å². The van der Waals surface area contributed by atoms with E-state index in [1.807, 2.05) is 7.05 Å². The molecule has 0 aromatic heterocycles. The Hall–Kier alpha value is -0.160. The molecular formula is C12H28N2O2. The Morgan fingerprint density at radius 1 is 1.38 bits per heavy atom. The molecule has 0 aromatic rings. The number of ether oxygens (including phenoxy) is 1. The van der Waals surface area contributed by atoms with Crippen LogP contribution in [0.25, 0.3) is 0 Å². The molecule has 0 amide bonds. The molecular weight excluding hydrogens is 204 g/mol. The number of nitrogens with two attached hydrogens (primary N) is 1. The highest BCUT2D eigenvalue weighted by molar-refractivity contribution is 4.90. The van der Waals surface area contributed by atoms with Crippen LogP contribution in [0.2, 0.25) is 0 Å². The lowest BCUT2D eigenvalue weighted by molar-refractivity contribution is 0.0344. The lowest BCUT2D eigenvalue weighted by Crippen LogP contribution is -2.57. The molecule has 98 valence electrons. The normalized spacial score (nSPS) is 18.6. The fourth-order valence-corrected chi connectivity index (χ4v) is 1.76. The first kappa shape index (κ1) is 15.8. The zero-order valence-corrected chi connectivity index (χ0v) is 11.5. The van der Waals surface area contributed by atoms with Crippen molar-refractivity contribution < 1.29 is 9.84 Å². The Labute approximate surface area is 99.8 Å². The second-order valence-electron chi connectivity index (χ2n) is 5.61. The summed E-state index contributed by atoms with van der Waals surface area (Å²) in [6.45, 7) is 9.06. The van der Waals surface area contributed by atoms with Crippen LogP contribution in [0.3, 0.4) is 0 Å². The van der Waals surface area contributed by atoms with E-state index in [2.05, 4.69) is 32.6 Å². The van der Waals surface area contributed by atoms with E-state index in [9.17, 15) is 5.11 Å². The van der Waals surface area contributed by atoms with E-state index in [0.29, 0.717) is 6.61 Å². The van der Waals surface area contributed by atoms with Gasteiger partial charge in [0.1, 0.15) is 0 Å². The van der Waals surface area contributed by atoms with E-state index >= 15 is 0 Å². The molecule has 0 bridgehead atoms. The maximum atomic E-state index is 9.48. The van der Waals surface area contributed by atoms with Crippen LogP contribution in [0.1, 0.15) is 27.7 Å². The third-order valence-corrected chi connectivity index (χ3v) is 3.23. The number of rotatable bonds is 6. The fraction of sp³-hybridized carbons (Fsp3) is 1.00. The summed E-state index contributed by atoms with van der Waals surface area (Å²) in [6.07, 6.45) is 0. The van der Waals surface area contributed by atoms with Gasteiger partial charge in [-0.25, -0.2) is 0 Å². The molecule has 0 aromatic carbocycles. The third kappa shape index (κ3) is 4.37. The Bertz CT molecular complexity index is 192. The smallest absolute Gasteiger partial charge is 0.0615 e. The summed E-state index contributed by atoms with van der Waals surface area (Å²) in [7, 11) is 3.66. The summed E-state index contributed by atoms with van der Waals surface area (Å²) in [5.74, 6) is 0. The molecule has 0 spiro atoms. The van der Waals surface area contributed by atoms with Crippen molar-refractivity contribution in [1.29, 1.82) is 0 Å². The van der Waals surface area contributed by atoms with Crippen molar-refractivity contribution in [1.82, 2.24) is 4.90 Å². The average Bonchev–Trinajstić information content (AvgIpc) is 2.17. The largest absolute Gasteiger partial charge is 0.395 e. The minimum absolute atomic E-state index is 0.0194. The Morgan fingerprint density at radius 3 is 2.19 bits per heavy atom. The van der Waals surface area contributed by atoms with Gasteiger partial charge in [0.2, 0.25) is 0 Å². The van der Waals surface area contributed by atoms with Gasteiger partial charge in [-0.2, -0.15) is 0 Å². The van der Waals surface area contributed by atoms with Gasteiger partial charge in [0.05, 0.1) is 13.2 Å². The standard InChI is InChI=1S/C12H28N2O2/c1-9(8-16-6)14(5)10(7-15)11(13)12(2,3)4/h9-11,15H,7-8,13H2,1-6H3. The molecule has 0 radical (unpaired) electrons. The SMILES string of the molecule is COCC(C)N(C)C(CO)C(N)C(C)(C)C. The van der Waals surface area contributed by atoms with Gasteiger partial charge in [-0.3, -0.25) is 4.90 Å². The molecule has 0 rings (SSSR count). The average molecular weight is 232 g/mol. The number of nitrogens with zero attached hydrogens (tertiary/aromatic N) is 1. The minimum atomic E-state index is -0.0678. The number of hydrogen-bond acceptors (Lipinski definition) is 4. The quantitative estimate of drug-likeness (QED) is 0.707. The Morgan fingerprint density at radius 2 is 1.88 bits per heavy atom. The third-order valence-electron chi connectivity index (χ3n) is 3.23. The molecule has 0 aliphatic rings. The summed E-state index contributed by atoms with van der Waals surface area (Å²) in [6, 6.07) is 0.141. The minimum Gasteiger partial charge on any atom is -0.395 e. The van der Waals surface area contributed by atoms with Crippen molar-refractivity contribution >= 4 is 0 Å². The molecule has 0 aliphatic heterocycles. The van der Waals surface area contributed by atoms with Crippen LogP contribution in [0.15, 0.2) is 0 Å². The summed E-state index contributed by atoms with van der Waals surface area (Å²) >= 11 is 0. The number of methoxy groups -OCH3 is 1. The van der Waals surface area contributed by atoms with Crippen LogP contribution in [-0.4, -0.2) is 55.5 Å². The van der Waals surface area contributed by atoms with Crippen LogP contribution in [0, 0.1) is 5.41 Å².